The number of alkyl halides is 6. The number of halogens is 6. The number of aromatic nitrogens is 2. The Bertz CT molecular complexity index is 1540. The van der Waals surface area contributed by atoms with Crippen LogP contribution in [0.3, 0.4) is 0 Å². The molecule has 12 heteroatoms. The standard InChI is InChI=1S/C23H15F6N3O2S/c24-22(25,26)15-5-1-13(2-6-15)3-10-21-31-18-9-4-14(11-19(18)32-21)17-8-7-16(23(27,28)29)12-20(17)35(30,33)34/h1-12H,(H,31,32)(H2,30,33,34). The minimum Gasteiger partial charge on any atom is -0.338 e. The fourth-order valence-corrected chi connectivity index (χ4v) is 4.19. The lowest BCUT2D eigenvalue weighted by molar-refractivity contribution is -0.138. The van der Waals surface area contributed by atoms with Crippen LogP contribution in [0.5, 0.6) is 0 Å². The Balaban J connectivity index is 1.68. The quantitative estimate of drug-likeness (QED) is 0.325. The first-order valence-electron chi connectivity index (χ1n) is 9.81. The molecule has 0 aliphatic heterocycles. The molecule has 35 heavy (non-hydrogen) atoms. The van der Waals surface area contributed by atoms with Crippen LogP contribution in [-0.4, -0.2) is 18.4 Å². The van der Waals surface area contributed by atoms with E-state index in [2.05, 4.69) is 9.97 Å². The van der Waals surface area contributed by atoms with Gasteiger partial charge in [-0.3, -0.25) is 0 Å². The highest BCUT2D eigenvalue weighted by Crippen LogP contribution is 2.36. The molecular weight excluding hydrogens is 496 g/mol. The van der Waals surface area contributed by atoms with E-state index in [0.717, 1.165) is 24.3 Å². The fraction of sp³-hybridized carbons (Fsp3) is 0.0870. The van der Waals surface area contributed by atoms with Crippen LogP contribution in [0.1, 0.15) is 22.5 Å². The molecule has 4 rings (SSSR count). The first-order chi connectivity index (χ1) is 16.2. The number of imidazole rings is 1. The van der Waals surface area contributed by atoms with Crippen molar-refractivity contribution in [1.82, 2.24) is 9.97 Å². The smallest absolute Gasteiger partial charge is 0.338 e. The molecule has 5 nitrogen and oxygen atoms in total. The molecule has 0 bridgehead atoms. The van der Waals surface area contributed by atoms with Crippen LogP contribution in [0.2, 0.25) is 0 Å². The third-order valence-corrected chi connectivity index (χ3v) is 6.05. The van der Waals surface area contributed by atoms with Crippen molar-refractivity contribution in [3.05, 3.63) is 83.2 Å². The van der Waals surface area contributed by atoms with E-state index in [0.29, 0.717) is 28.5 Å². The lowest BCUT2D eigenvalue weighted by Gasteiger charge is -2.12. The van der Waals surface area contributed by atoms with Gasteiger partial charge in [-0.05, 0) is 53.6 Å². The molecule has 0 saturated carbocycles. The van der Waals surface area contributed by atoms with Gasteiger partial charge in [0.25, 0.3) is 0 Å². The maximum atomic E-state index is 13.1. The number of fused-ring (bicyclic) bond motifs is 1. The summed E-state index contributed by atoms with van der Waals surface area (Å²) in [6.45, 7) is 0. The average molecular weight is 511 g/mol. The van der Waals surface area contributed by atoms with Gasteiger partial charge in [0.15, 0.2) is 0 Å². The van der Waals surface area contributed by atoms with E-state index in [9.17, 15) is 34.8 Å². The maximum Gasteiger partial charge on any atom is 0.416 e. The summed E-state index contributed by atoms with van der Waals surface area (Å²) < 4.78 is 101. The second kappa shape index (κ2) is 8.54. The third kappa shape index (κ3) is 5.38. The minimum absolute atomic E-state index is 0.0150. The van der Waals surface area contributed by atoms with Crippen LogP contribution in [0.4, 0.5) is 26.3 Å². The number of sulfonamides is 1. The highest BCUT2D eigenvalue weighted by molar-refractivity contribution is 7.89. The Morgan fingerprint density at radius 1 is 0.800 bits per heavy atom. The zero-order chi connectivity index (χ0) is 25.6. The van der Waals surface area contributed by atoms with Crippen LogP contribution in [-0.2, 0) is 22.4 Å². The zero-order valence-corrected chi connectivity index (χ0v) is 18.3. The first-order valence-corrected chi connectivity index (χ1v) is 11.4. The highest BCUT2D eigenvalue weighted by atomic mass is 32.2. The zero-order valence-electron chi connectivity index (χ0n) is 17.4. The van der Waals surface area contributed by atoms with Gasteiger partial charge in [0.2, 0.25) is 10.0 Å². The van der Waals surface area contributed by atoms with Crippen molar-refractivity contribution in [2.45, 2.75) is 17.2 Å². The molecule has 0 fully saturated rings. The number of hydrogen-bond acceptors (Lipinski definition) is 3. The topological polar surface area (TPSA) is 88.8 Å². The van der Waals surface area contributed by atoms with Crippen LogP contribution < -0.4 is 5.14 Å². The van der Waals surface area contributed by atoms with Crippen molar-refractivity contribution in [3.8, 4) is 11.1 Å². The van der Waals surface area contributed by atoms with Crippen LogP contribution in [0.25, 0.3) is 34.3 Å². The number of benzene rings is 3. The van der Waals surface area contributed by atoms with E-state index in [1.54, 1.807) is 12.1 Å². The van der Waals surface area contributed by atoms with Crippen molar-refractivity contribution in [3.63, 3.8) is 0 Å². The number of aromatic amines is 1. The molecule has 182 valence electrons. The van der Waals surface area contributed by atoms with Crippen LogP contribution >= 0.6 is 0 Å². The number of nitrogens with one attached hydrogen (secondary N) is 1. The summed E-state index contributed by atoms with van der Waals surface area (Å²) in [7, 11) is -4.47. The summed E-state index contributed by atoms with van der Waals surface area (Å²) >= 11 is 0. The van der Waals surface area contributed by atoms with E-state index in [4.69, 9.17) is 5.14 Å². The lowest BCUT2D eigenvalue weighted by atomic mass is 10.0. The van der Waals surface area contributed by atoms with Gasteiger partial charge in [-0.25, -0.2) is 18.5 Å². The molecular formula is C23H15F6N3O2S. The molecule has 1 aromatic heterocycles. The molecule has 3 aromatic carbocycles. The Morgan fingerprint density at radius 3 is 2.03 bits per heavy atom. The first kappa shape index (κ1) is 24.5. The summed E-state index contributed by atoms with van der Waals surface area (Å²) in [6, 6.07) is 11.3. The number of nitrogens with zero attached hydrogens (tertiary/aromatic N) is 1. The van der Waals surface area contributed by atoms with E-state index < -0.39 is 38.4 Å². The predicted molar refractivity (Wildman–Crippen MR) is 118 cm³/mol. The molecule has 0 radical (unpaired) electrons. The Labute approximate surface area is 195 Å². The molecule has 0 spiro atoms. The molecule has 4 aromatic rings. The summed E-state index contributed by atoms with van der Waals surface area (Å²) in [5.41, 5.74) is -0.214. The Hall–Kier alpha value is -3.64. The second-order valence-corrected chi connectivity index (χ2v) is 9.09. The van der Waals surface area contributed by atoms with Crippen molar-refractivity contribution in [2.75, 3.05) is 0 Å². The van der Waals surface area contributed by atoms with Gasteiger partial charge >= 0.3 is 12.4 Å². The lowest BCUT2D eigenvalue weighted by Crippen LogP contribution is -2.15. The summed E-state index contributed by atoms with van der Waals surface area (Å²) in [6.07, 6.45) is -6.10. The summed E-state index contributed by atoms with van der Waals surface area (Å²) in [5, 5.41) is 5.16. The largest absolute Gasteiger partial charge is 0.416 e. The summed E-state index contributed by atoms with van der Waals surface area (Å²) in [4.78, 5) is 6.62. The fourth-order valence-electron chi connectivity index (χ4n) is 3.41. The Kier molecular flexibility index (Phi) is 5.97. The van der Waals surface area contributed by atoms with Gasteiger partial charge in [0.05, 0.1) is 27.1 Å². The molecule has 0 atom stereocenters. The van der Waals surface area contributed by atoms with E-state index in [1.165, 1.54) is 30.3 Å². The SMILES string of the molecule is NS(=O)(=O)c1cc(C(F)(F)F)ccc1-c1ccc2nc(C=Cc3ccc(C(F)(F)F)cc3)[nH]c2c1. The molecule has 0 unspecified atom stereocenters. The van der Waals surface area contributed by atoms with Gasteiger partial charge in [-0.1, -0.05) is 30.3 Å². The molecule has 0 amide bonds. The van der Waals surface area contributed by atoms with Gasteiger partial charge in [-0.15, -0.1) is 0 Å². The third-order valence-electron chi connectivity index (χ3n) is 5.10. The average Bonchev–Trinajstić information content (AvgIpc) is 3.18. The molecule has 0 saturated heterocycles. The molecule has 1 heterocycles. The van der Waals surface area contributed by atoms with E-state index in [1.807, 2.05) is 0 Å². The molecule has 0 aliphatic carbocycles. The number of primary sulfonamides is 1. The molecule has 3 N–H and O–H groups in total. The van der Waals surface area contributed by atoms with Crippen molar-refractivity contribution < 1.29 is 34.8 Å². The summed E-state index contributed by atoms with van der Waals surface area (Å²) in [5.74, 6) is 0.358. The number of nitrogens with two attached hydrogens (primary N) is 1. The minimum atomic E-state index is -4.75. The highest BCUT2D eigenvalue weighted by Gasteiger charge is 2.32. The normalized spacial score (nSPS) is 13.1. The second-order valence-electron chi connectivity index (χ2n) is 7.56. The van der Waals surface area contributed by atoms with Crippen molar-refractivity contribution >= 4 is 33.2 Å². The van der Waals surface area contributed by atoms with Gasteiger partial charge < -0.3 is 4.98 Å². The predicted octanol–water partition coefficient (Wildman–Crippen LogP) is 6.09. The van der Waals surface area contributed by atoms with Crippen molar-refractivity contribution in [1.29, 1.82) is 0 Å². The monoisotopic (exact) mass is 511 g/mol. The van der Waals surface area contributed by atoms with Gasteiger partial charge in [0.1, 0.15) is 5.82 Å². The van der Waals surface area contributed by atoms with Crippen LogP contribution in [0.15, 0.2) is 65.6 Å². The Morgan fingerprint density at radius 2 is 1.43 bits per heavy atom. The molecule has 0 aliphatic rings. The maximum absolute atomic E-state index is 13.1. The number of hydrogen-bond donors (Lipinski definition) is 2. The van der Waals surface area contributed by atoms with E-state index in [-0.39, 0.29) is 11.1 Å². The van der Waals surface area contributed by atoms with Gasteiger partial charge in [-0.2, -0.15) is 26.3 Å². The van der Waals surface area contributed by atoms with Crippen LogP contribution in [0, 0.1) is 0 Å². The number of rotatable bonds is 4. The van der Waals surface area contributed by atoms with E-state index >= 15 is 0 Å². The van der Waals surface area contributed by atoms with Crippen molar-refractivity contribution in [2.24, 2.45) is 5.14 Å². The number of H-pyrrole nitrogens is 1. The van der Waals surface area contributed by atoms with Gasteiger partial charge in [0, 0.05) is 5.56 Å².